The second kappa shape index (κ2) is 6.52. The lowest BCUT2D eigenvalue weighted by atomic mass is 10.2. The molecule has 0 aliphatic rings. The van der Waals surface area contributed by atoms with Crippen molar-refractivity contribution < 1.29 is 0 Å². The molecule has 0 saturated heterocycles. The summed E-state index contributed by atoms with van der Waals surface area (Å²) in [5, 5.41) is 4.35. The molecule has 0 saturated carbocycles. The van der Waals surface area contributed by atoms with E-state index in [-0.39, 0.29) is 0 Å². The number of aromatic nitrogens is 3. The molecule has 2 aromatic heterocycles. The Morgan fingerprint density at radius 2 is 1.88 bits per heavy atom. The number of hydrazone groups is 1. The molecule has 5 heteroatoms. The number of nitrogens with one attached hydrogen (secondary N) is 2. The second-order valence-electron chi connectivity index (χ2n) is 6.47. The highest BCUT2D eigenvalue weighted by Gasteiger charge is 2.09. The van der Waals surface area contributed by atoms with Gasteiger partial charge in [-0.15, -0.1) is 0 Å². The first kappa shape index (κ1) is 16.1. The molecule has 26 heavy (non-hydrogen) atoms. The van der Waals surface area contributed by atoms with Gasteiger partial charge in [-0.25, -0.2) is 10.4 Å². The highest BCUT2D eigenvalue weighted by Crippen LogP contribution is 2.20. The smallest absolute Gasteiger partial charge is 0.222 e. The van der Waals surface area contributed by atoms with Gasteiger partial charge in [-0.1, -0.05) is 24.3 Å². The molecule has 0 radical (unpaired) electrons. The van der Waals surface area contributed by atoms with Crippen molar-refractivity contribution in [2.24, 2.45) is 5.10 Å². The second-order valence-corrected chi connectivity index (χ2v) is 6.47. The first-order valence-electron chi connectivity index (χ1n) is 8.61. The molecule has 0 spiro atoms. The zero-order valence-corrected chi connectivity index (χ0v) is 15.1. The summed E-state index contributed by atoms with van der Waals surface area (Å²) in [6.07, 6.45) is 1.84. The van der Waals surface area contributed by atoms with E-state index in [9.17, 15) is 0 Å². The number of aryl methyl sites for hydroxylation is 2. The third-order valence-corrected chi connectivity index (χ3v) is 4.49. The number of H-pyrrole nitrogens is 1. The molecule has 2 N–H and O–H groups in total. The van der Waals surface area contributed by atoms with Crippen molar-refractivity contribution in [3.8, 4) is 5.69 Å². The largest absolute Gasteiger partial charge is 0.323 e. The van der Waals surface area contributed by atoms with Gasteiger partial charge in [-0.05, 0) is 56.7 Å². The summed E-state index contributed by atoms with van der Waals surface area (Å²) < 4.78 is 2.25. The van der Waals surface area contributed by atoms with Gasteiger partial charge in [0, 0.05) is 22.6 Å². The van der Waals surface area contributed by atoms with Gasteiger partial charge in [0.1, 0.15) is 0 Å². The summed E-state index contributed by atoms with van der Waals surface area (Å²) in [7, 11) is 0. The Morgan fingerprint density at radius 1 is 1.04 bits per heavy atom. The zero-order valence-electron chi connectivity index (χ0n) is 15.1. The van der Waals surface area contributed by atoms with Crippen molar-refractivity contribution in [3.63, 3.8) is 0 Å². The molecule has 4 rings (SSSR count). The maximum atomic E-state index is 4.46. The van der Waals surface area contributed by atoms with Crippen LogP contribution in [0, 0.1) is 20.8 Å². The molecule has 0 aliphatic heterocycles. The number of nitrogens with zero attached hydrogens (tertiary/aromatic N) is 3. The van der Waals surface area contributed by atoms with Crippen molar-refractivity contribution in [1.29, 1.82) is 0 Å². The van der Waals surface area contributed by atoms with E-state index in [0.29, 0.717) is 5.95 Å². The van der Waals surface area contributed by atoms with E-state index in [1.165, 1.54) is 16.9 Å². The molecular weight excluding hydrogens is 322 g/mol. The van der Waals surface area contributed by atoms with Crippen molar-refractivity contribution in [1.82, 2.24) is 14.5 Å². The van der Waals surface area contributed by atoms with Crippen LogP contribution in [0.3, 0.4) is 0 Å². The fourth-order valence-electron chi connectivity index (χ4n) is 3.25. The van der Waals surface area contributed by atoms with E-state index < -0.39 is 0 Å². The molecule has 0 fully saturated rings. The standard InChI is InChI=1S/C21H21N5/c1-14-7-6-8-18(11-14)26-15(2)12-17(16(26)3)13-22-25-21-23-19-9-4-5-10-20(19)24-21/h4-13H,1-3H3,(H2,23,24,25)/b22-13-. The maximum absolute atomic E-state index is 4.46. The molecule has 5 nitrogen and oxygen atoms in total. The molecule has 0 amide bonds. The van der Waals surface area contributed by atoms with E-state index in [4.69, 9.17) is 0 Å². The van der Waals surface area contributed by atoms with Crippen molar-refractivity contribution in [2.45, 2.75) is 20.8 Å². The first-order chi connectivity index (χ1) is 12.6. The third kappa shape index (κ3) is 2.99. The highest BCUT2D eigenvalue weighted by molar-refractivity contribution is 5.83. The van der Waals surface area contributed by atoms with Gasteiger partial charge in [-0.3, -0.25) is 0 Å². The topological polar surface area (TPSA) is 58.0 Å². The van der Waals surface area contributed by atoms with Crippen LogP contribution in [-0.2, 0) is 0 Å². The summed E-state index contributed by atoms with van der Waals surface area (Å²) >= 11 is 0. The lowest BCUT2D eigenvalue weighted by molar-refractivity contribution is 0.963. The minimum atomic E-state index is 0.634. The number of hydrogen-bond acceptors (Lipinski definition) is 3. The maximum Gasteiger partial charge on any atom is 0.222 e. The lowest BCUT2D eigenvalue weighted by Crippen LogP contribution is -2.00. The summed E-state index contributed by atoms with van der Waals surface area (Å²) in [6, 6.07) is 18.6. The Balaban J connectivity index is 1.58. The predicted molar refractivity (Wildman–Crippen MR) is 107 cm³/mol. The minimum absolute atomic E-state index is 0.634. The average Bonchev–Trinajstić information content (AvgIpc) is 3.15. The van der Waals surface area contributed by atoms with Gasteiger partial charge in [0.05, 0.1) is 17.2 Å². The van der Waals surface area contributed by atoms with Crippen molar-refractivity contribution in [2.75, 3.05) is 5.43 Å². The number of rotatable bonds is 4. The Morgan fingerprint density at radius 3 is 2.69 bits per heavy atom. The number of anilines is 1. The van der Waals surface area contributed by atoms with Crippen LogP contribution < -0.4 is 5.43 Å². The van der Waals surface area contributed by atoms with Gasteiger partial charge < -0.3 is 9.55 Å². The van der Waals surface area contributed by atoms with E-state index in [0.717, 1.165) is 22.3 Å². The number of hydrogen-bond donors (Lipinski definition) is 2. The molecule has 0 unspecified atom stereocenters. The van der Waals surface area contributed by atoms with Crippen LogP contribution in [0.15, 0.2) is 59.7 Å². The molecule has 0 bridgehead atoms. The van der Waals surface area contributed by atoms with Crippen LogP contribution in [0.5, 0.6) is 0 Å². The number of benzene rings is 2. The molecule has 0 atom stereocenters. The Labute approximate surface area is 152 Å². The molecule has 130 valence electrons. The summed E-state index contributed by atoms with van der Waals surface area (Å²) in [5.41, 5.74) is 10.7. The average molecular weight is 343 g/mol. The van der Waals surface area contributed by atoms with Gasteiger partial charge in [0.2, 0.25) is 5.95 Å². The fourth-order valence-corrected chi connectivity index (χ4v) is 3.25. The molecule has 2 aromatic carbocycles. The first-order valence-corrected chi connectivity index (χ1v) is 8.61. The number of aromatic amines is 1. The Kier molecular flexibility index (Phi) is 4.05. The van der Waals surface area contributed by atoms with Crippen LogP contribution in [0.2, 0.25) is 0 Å². The molecule has 4 aromatic rings. The lowest BCUT2D eigenvalue weighted by Gasteiger charge is -2.10. The van der Waals surface area contributed by atoms with Crippen LogP contribution >= 0.6 is 0 Å². The van der Waals surface area contributed by atoms with Gasteiger partial charge >= 0.3 is 0 Å². The predicted octanol–water partition coefficient (Wildman–Crippen LogP) is 4.72. The van der Waals surface area contributed by atoms with Crippen LogP contribution in [0.1, 0.15) is 22.5 Å². The summed E-state index contributed by atoms with van der Waals surface area (Å²) in [4.78, 5) is 7.66. The molecule has 0 aliphatic carbocycles. The number of imidazole rings is 1. The number of fused-ring (bicyclic) bond motifs is 1. The van der Waals surface area contributed by atoms with Crippen LogP contribution in [0.25, 0.3) is 16.7 Å². The van der Waals surface area contributed by atoms with E-state index in [1.807, 2.05) is 30.5 Å². The summed E-state index contributed by atoms with van der Waals surface area (Å²) in [5.74, 6) is 0.634. The highest BCUT2D eigenvalue weighted by atomic mass is 15.3. The van der Waals surface area contributed by atoms with E-state index in [1.54, 1.807) is 0 Å². The molecule has 2 heterocycles. The van der Waals surface area contributed by atoms with E-state index in [2.05, 4.69) is 76.2 Å². The molecular formula is C21H21N5. The van der Waals surface area contributed by atoms with Crippen LogP contribution in [-0.4, -0.2) is 20.7 Å². The van der Waals surface area contributed by atoms with Crippen molar-refractivity contribution in [3.05, 3.63) is 77.1 Å². The monoisotopic (exact) mass is 343 g/mol. The van der Waals surface area contributed by atoms with Gasteiger partial charge in [0.15, 0.2) is 0 Å². The van der Waals surface area contributed by atoms with Gasteiger partial charge in [0.25, 0.3) is 0 Å². The number of para-hydroxylation sites is 2. The zero-order chi connectivity index (χ0) is 18.1. The summed E-state index contributed by atoms with van der Waals surface area (Å²) in [6.45, 7) is 6.33. The Bertz CT molecular complexity index is 1070. The minimum Gasteiger partial charge on any atom is -0.323 e. The quantitative estimate of drug-likeness (QED) is 0.416. The van der Waals surface area contributed by atoms with Crippen molar-refractivity contribution >= 4 is 23.2 Å². The van der Waals surface area contributed by atoms with Crippen LogP contribution in [0.4, 0.5) is 5.95 Å². The van der Waals surface area contributed by atoms with E-state index >= 15 is 0 Å². The fraction of sp³-hybridized carbons (Fsp3) is 0.143. The SMILES string of the molecule is Cc1cccc(-n2c(C)cc(/C=N\Nc3nc4ccccc4[nH]3)c2C)c1. The normalized spacial score (nSPS) is 11.5. The van der Waals surface area contributed by atoms with Gasteiger partial charge in [-0.2, -0.15) is 5.10 Å². The third-order valence-electron chi connectivity index (χ3n) is 4.49. The Hall–Kier alpha value is -3.34.